The van der Waals surface area contributed by atoms with Crippen molar-refractivity contribution in [1.82, 2.24) is 0 Å². The Labute approximate surface area is 114 Å². The Morgan fingerprint density at radius 2 is 2.11 bits per heavy atom. The topological polar surface area (TPSA) is 38.5 Å². The van der Waals surface area contributed by atoms with E-state index in [1.807, 2.05) is 4.90 Å². The molecule has 0 saturated carbocycles. The molecule has 3 nitrogen and oxygen atoms in total. The lowest BCUT2D eigenvalue weighted by molar-refractivity contribution is -0.274. The number of anilines is 1. The average molecular weight is 295 g/mol. The van der Waals surface area contributed by atoms with Gasteiger partial charge in [-0.2, -0.15) is 0 Å². The van der Waals surface area contributed by atoms with Crippen molar-refractivity contribution in [3.8, 4) is 5.75 Å². The zero-order valence-corrected chi connectivity index (χ0v) is 10.8. The fourth-order valence-corrected chi connectivity index (χ4v) is 2.46. The minimum absolute atomic E-state index is 0.0657. The highest BCUT2D eigenvalue weighted by Gasteiger charge is 2.31. The van der Waals surface area contributed by atoms with Crippen LogP contribution in [0.15, 0.2) is 18.2 Å². The van der Waals surface area contributed by atoms with E-state index < -0.39 is 6.36 Å². The van der Waals surface area contributed by atoms with Gasteiger partial charge in [-0.15, -0.1) is 13.2 Å². The first-order chi connectivity index (χ1) is 8.85. The van der Waals surface area contributed by atoms with Gasteiger partial charge in [0.15, 0.2) is 0 Å². The van der Waals surface area contributed by atoms with Crippen LogP contribution in [-0.4, -0.2) is 25.5 Å². The first kappa shape index (κ1) is 14.3. The number of piperidine rings is 1. The molecule has 1 aromatic rings. The number of ether oxygens (including phenoxy) is 1. The van der Waals surface area contributed by atoms with Crippen molar-refractivity contribution in [3.63, 3.8) is 0 Å². The molecule has 1 fully saturated rings. The van der Waals surface area contributed by atoms with Crippen LogP contribution >= 0.6 is 11.6 Å². The van der Waals surface area contributed by atoms with Gasteiger partial charge in [0.2, 0.25) is 0 Å². The molecule has 1 aliphatic heterocycles. The molecule has 1 unspecified atom stereocenters. The van der Waals surface area contributed by atoms with Crippen molar-refractivity contribution in [2.45, 2.75) is 25.2 Å². The summed E-state index contributed by atoms with van der Waals surface area (Å²) in [6.45, 7) is 1.45. The molecular weight excluding hydrogens is 281 g/mol. The van der Waals surface area contributed by atoms with Gasteiger partial charge in [-0.25, -0.2) is 0 Å². The molecule has 0 amide bonds. The van der Waals surface area contributed by atoms with Gasteiger partial charge < -0.3 is 15.4 Å². The number of alkyl halides is 3. The van der Waals surface area contributed by atoms with Crippen LogP contribution in [0.1, 0.15) is 12.8 Å². The molecule has 0 aromatic heterocycles. The number of benzene rings is 1. The van der Waals surface area contributed by atoms with E-state index in [0.717, 1.165) is 19.4 Å². The molecule has 1 heterocycles. The lowest BCUT2D eigenvalue weighted by Crippen LogP contribution is -2.42. The van der Waals surface area contributed by atoms with Crippen LogP contribution in [0.3, 0.4) is 0 Å². The minimum atomic E-state index is -4.71. The lowest BCUT2D eigenvalue weighted by Gasteiger charge is -2.33. The molecule has 19 heavy (non-hydrogen) atoms. The van der Waals surface area contributed by atoms with Crippen molar-refractivity contribution in [3.05, 3.63) is 23.2 Å². The van der Waals surface area contributed by atoms with Crippen molar-refractivity contribution in [2.24, 2.45) is 5.73 Å². The largest absolute Gasteiger partial charge is 0.573 e. The third-order valence-electron chi connectivity index (χ3n) is 2.95. The van der Waals surface area contributed by atoms with Crippen molar-refractivity contribution in [2.75, 3.05) is 18.0 Å². The van der Waals surface area contributed by atoms with Crippen LogP contribution in [0.25, 0.3) is 0 Å². The SMILES string of the molecule is NC1CCCN(c2ccc(OC(F)(F)F)cc2Cl)C1. The van der Waals surface area contributed by atoms with Gasteiger partial charge in [-0.05, 0) is 25.0 Å². The second-order valence-electron chi connectivity index (χ2n) is 4.51. The fraction of sp³-hybridized carbons (Fsp3) is 0.500. The standard InChI is InChI=1S/C12H14ClF3N2O/c13-10-6-9(19-12(14,15)16)3-4-11(10)18-5-1-2-8(17)7-18/h3-4,6,8H,1-2,5,7,17H2. The Hall–Kier alpha value is -1.14. The van der Waals surface area contributed by atoms with Crippen LogP contribution in [-0.2, 0) is 0 Å². The molecule has 0 radical (unpaired) electrons. The van der Waals surface area contributed by atoms with Gasteiger partial charge >= 0.3 is 6.36 Å². The monoisotopic (exact) mass is 294 g/mol. The second-order valence-corrected chi connectivity index (χ2v) is 4.92. The molecule has 1 atom stereocenters. The van der Waals surface area contributed by atoms with Crippen LogP contribution in [0.5, 0.6) is 5.75 Å². The van der Waals surface area contributed by atoms with Crippen molar-refractivity contribution >= 4 is 17.3 Å². The average Bonchev–Trinajstić information content (AvgIpc) is 2.26. The minimum Gasteiger partial charge on any atom is -0.406 e. The number of hydrogen-bond donors (Lipinski definition) is 1. The number of nitrogens with zero attached hydrogens (tertiary/aromatic N) is 1. The van der Waals surface area contributed by atoms with E-state index in [1.54, 1.807) is 0 Å². The summed E-state index contributed by atoms with van der Waals surface area (Å²) in [5, 5.41) is 0.232. The van der Waals surface area contributed by atoms with E-state index in [0.29, 0.717) is 12.2 Å². The van der Waals surface area contributed by atoms with E-state index in [4.69, 9.17) is 17.3 Å². The zero-order chi connectivity index (χ0) is 14.0. The fourth-order valence-electron chi connectivity index (χ4n) is 2.17. The summed E-state index contributed by atoms with van der Waals surface area (Å²) in [4.78, 5) is 1.98. The van der Waals surface area contributed by atoms with Gasteiger partial charge in [0, 0.05) is 25.2 Å². The van der Waals surface area contributed by atoms with Crippen molar-refractivity contribution < 1.29 is 17.9 Å². The molecule has 0 aliphatic carbocycles. The second kappa shape index (κ2) is 5.46. The molecule has 1 saturated heterocycles. The summed E-state index contributed by atoms with van der Waals surface area (Å²) in [6, 6.07) is 4.02. The summed E-state index contributed by atoms with van der Waals surface area (Å²) < 4.78 is 40.1. The van der Waals surface area contributed by atoms with Crippen LogP contribution in [0.4, 0.5) is 18.9 Å². The van der Waals surface area contributed by atoms with E-state index in [2.05, 4.69) is 4.74 Å². The van der Waals surface area contributed by atoms with E-state index in [-0.39, 0.29) is 16.8 Å². The van der Waals surface area contributed by atoms with Gasteiger partial charge in [0.05, 0.1) is 10.7 Å². The highest BCUT2D eigenvalue weighted by Crippen LogP contribution is 2.33. The molecule has 1 aromatic carbocycles. The molecule has 0 bridgehead atoms. The maximum Gasteiger partial charge on any atom is 0.573 e. The Balaban J connectivity index is 2.15. The predicted molar refractivity (Wildman–Crippen MR) is 67.6 cm³/mol. The molecule has 1 aliphatic rings. The summed E-state index contributed by atoms with van der Waals surface area (Å²) in [5.74, 6) is -0.317. The summed E-state index contributed by atoms with van der Waals surface area (Å²) in [6.07, 6.45) is -2.82. The summed E-state index contributed by atoms with van der Waals surface area (Å²) in [5.41, 5.74) is 6.55. The Morgan fingerprint density at radius 1 is 1.37 bits per heavy atom. The van der Waals surface area contributed by atoms with E-state index >= 15 is 0 Å². The number of rotatable bonds is 2. The highest BCUT2D eigenvalue weighted by molar-refractivity contribution is 6.33. The lowest BCUT2D eigenvalue weighted by atomic mass is 10.1. The quantitative estimate of drug-likeness (QED) is 0.910. The number of nitrogens with two attached hydrogens (primary N) is 1. The molecule has 106 valence electrons. The Morgan fingerprint density at radius 3 is 2.68 bits per heavy atom. The van der Waals surface area contributed by atoms with Gasteiger partial charge in [0.1, 0.15) is 5.75 Å². The zero-order valence-electron chi connectivity index (χ0n) is 10.1. The Bertz CT molecular complexity index is 453. The summed E-state index contributed by atoms with van der Waals surface area (Å²) >= 11 is 6.01. The third kappa shape index (κ3) is 3.91. The number of hydrogen-bond acceptors (Lipinski definition) is 3. The highest BCUT2D eigenvalue weighted by atomic mass is 35.5. The summed E-state index contributed by atoms with van der Waals surface area (Å²) in [7, 11) is 0. The van der Waals surface area contributed by atoms with Gasteiger partial charge in [0.25, 0.3) is 0 Å². The molecule has 2 rings (SSSR count). The third-order valence-corrected chi connectivity index (χ3v) is 3.25. The van der Waals surface area contributed by atoms with E-state index in [9.17, 15) is 13.2 Å². The van der Waals surface area contributed by atoms with Crippen LogP contribution < -0.4 is 15.4 Å². The predicted octanol–water partition coefficient (Wildman–Crippen LogP) is 3.17. The van der Waals surface area contributed by atoms with Crippen molar-refractivity contribution in [1.29, 1.82) is 0 Å². The maximum absolute atomic E-state index is 12.1. The van der Waals surface area contributed by atoms with Gasteiger partial charge in [-0.3, -0.25) is 0 Å². The van der Waals surface area contributed by atoms with Crippen LogP contribution in [0.2, 0.25) is 5.02 Å². The smallest absolute Gasteiger partial charge is 0.406 e. The molecule has 7 heteroatoms. The first-order valence-corrected chi connectivity index (χ1v) is 6.29. The molecular formula is C12H14ClF3N2O. The first-order valence-electron chi connectivity index (χ1n) is 5.91. The van der Waals surface area contributed by atoms with Gasteiger partial charge in [-0.1, -0.05) is 11.6 Å². The normalized spacial score (nSPS) is 20.5. The molecule has 0 spiro atoms. The maximum atomic E-state index is 12.1. The Kier molecular flexibility index (Phi) is 4.10. The van der Waals surface area contributed by atoms with E-state index in [1.165, 1.54) is 18.2 Å². The number of halogens is 4. The van der Waals surface area contributed by atoms with Crippen LogP contribution in [0, 0.1) is 0 Å². The molecule has 2 N–H and O–H groups in total.